The number of amides is 2. The van der Waals surface area contributed by atoms with E-state index in [4.69, 9.17) is 44.7 Å². The number of carbonyl (C=O) groups is 2. The number of nitrogens with zero attached hydrogens (tertiary/aromatic N) is 10. The fraction of sp³-hybridized carbons (Fsp3) is 0.571. The van der Waals surface area contributed by atoms with Crippen molar-refractivity contribution < 1.29 is 42.8 Å². The van der Waals surface area contributed by atoms with Crippen LogP contribution >= 0.6 is 11.6 Å². The van der Waals surface area contributed by atoms with Crippen molar-refractivity contribution in [2.75, 3.05) is 30.5 Å². The Kier molecular flexibility index (Phi) is 15.0. The number of hydrogen-bond acceptors (Lipinski definition) is 14. The van der Waals surface area contributed by atoms with Gasteiger partial charge in [-0.3, -0.25) is 14.6 Å². The number of H-pyrrole nitrogens is 1. The monoisotopic (exact) mass is 926 g/mol. The highest BCUT2D eigenvalue weighted by Gasteiger charge is 2.59. The van der Waals surface area contributed by atoms with Gasteiger partial charge in [-0.1, -0.05) is 25.4 Å². The van der Waals surface area contributed by atoms with Crippen LogP contribution < -0.4 is 16.2 Å². The number of aliphatic hydroxyl groups is 2. The lowest BCUT2D eigenvalue weighted by Gasteiger charge is -2.27. The van der Waals surface area contributed by atoms with Gasteiger partial charge in [-0.25, -0.2) is 41.5 Å². The van der Waals surface area contributed by atoms with Gasteiger partial charge in [0.15, 0.2) is 22.0 Å². The Labute approximate surface area is 378 Å². The van der Waals surface area contributed by atoms with Crippen LogP contribution in [0, 0.1) is 19.1 Å². The van der Waals surface area contributed by atoms with Crippen LogP contribution in [0.25, 0.3) is 32.0 Å². The molecule has 4 aromatic rings. The minimum absolute atomic E-state index is 0.0104. The zero-order valence-electron chi connectivity index (χ0n) is 37.3. The van der Waals surface area contributed by atoms with Gasteiger partial charge in [0, 0.05) is 32.0 Å². The first-order valence-electron chi connectivity index (χ1n) is 20.7. The van der Waals surface area contributed by atoms with Crippen molar-refractivity contribution in [2.45, 2.75) is 128 Å². The summed E-state index contributed by atoms with van der Waals surface area (Å²) in [5.41, 5.74) is 1.04. The number of anilines is 2. The molecule has 7 rings (SSSR count). The molecule has 2 saturated carbocycles. The Morgan fingerprint density at radius 2 is 1.46 bits per heavy atom. The Balaban J connectivity index is 0.000000238. The van der Waals surface area contributed by atoms with Crippen LogP contribution in [0.15, 0.2) is 41.3 Å². The summed E-state index contributed by atoms with van der Waals surface area (Å²) in [4.78, 5) is 68.7. The number of aliphatic hydroxyl groups excluding tert-OH is 2. The minimum atomic E-state index is -1.76. The molecule has 23 heteroatoms. The molecule has 4 aromatic heterocycles. The second kappa shape index (κ2) is 19.6. The molecule has 1 saturated heterocycles. The number of nitrogens with two attached hydrogens (primary N) is 1. The second-order valence-corrected chi connectivity index (χ2v) is 18.0. The molecule has 0 radical (unpaired) electrons. The maximum Gasteiger partial charge on any atom is 0.427 e. The van der Waals surface area contributed by atoms with Gasteiger partial charge in [-0.15, -0.1) is 4.90 Å². The van der Waals surface area contributed by atoms with Gasteiger partial charge in [-0.05, 0) is 60.8 Å². The molecule has 3 fully saturated rings. The summed E-state index contributed by atoms with van der Waals surface area (Å²) < 4.78 is 46.5. The van der Waals surface area contributed by atoms with Crippen molar-refractivity contribution in [1.29, 1.82) is 0 Å². The van der Waals surface area contributed by atoms with Gasteiger partial charge in [0.1, 0.15) is 29.4 Å². The molecule has 0 unspecified atom stereocenters. The topological polar surface area (TPSA) is 247 Å². The SMILES string of the molecule is C1CCOC1.[C-]#[N+][C@]1(CC)/C(=C/F)[C@@H](n2cnc3c(Cl)nc(N(C(=O)OC(C)(C)C)C(=O)OC(C)(C)C)nc32)C[C@@H]1C.[C-]#[N+][C@]1(CO)/C(=C/F)[C@@H](n2cnc3c(=O)[nH]c(N)nc32)C[C@@H]1O. The van der Waals surface area contributed by atoms with E-state index >= 15 is 0 Å². The summed E-state index contributed by atoms with van der Waals surface area (Å²) in [6, 6.07) is -1.38. The highest BCUT2D eigenvalue weighted by Crippen LogP contribution is 2.52. The lowest BCUT2D eigenvalue weighted by molar-refractivity contribution is 0.0427. The molecule has 2 aliphatic carbocycles. The number of imidazole rings is 2. The number of carbonyl (C=O) groups excluding carboxylic acids is 2. The Morgan fingerprint density at radius 3 is 1.92 bits per heavy atom. The number of nitrogens with one attached hydrogen (secondary N) is 1. The molecule has 0 spiro atoms. The predicted octanol–water partition coefficient (Wildman–Crippen LogP) is 6.97. The number of nitrogen functional groups attached to an aromatic ring is 1. The molecule has 3 aliphatic rings. The molecule has 350 valence electrons. The van der Waals surface area contributed by atoms with Crippen molar-refractivity contribution in [3.8, 4) is 0 Å². The highest BCUT2D eigenvalue weighted by atomic mass is 35.5. The number of aromatic amines is 1. The summed E-state index contributed by atoms with van der Waals surface area (Å²) in [5, 5.41) is 19.5. The average molecular weight is 927 g/mol. The van der Waals surface area contributed by atoms with Crippen LogP contribution in [-0.2, 0) is 14.2 Å². The summed E-state index contributed by atoms with van der Waals surface area (Å²) in [6.07, 6.45) is 3.43. The molecule has 20 nitrogen and oxygen atoms in total. The molecule has 2 amide bonds. The van der Waals surface area contributed by atoms with E-state index in [1.54, 1.807) is 46.1 Å². The first-order chi connectivity index (χ1) is 30.6. The number of aromatic nitrogens is 8. The lowest BCUT2D eigenvalue weighted by Crippen LogP contribution is -2.44. The van der Waals surface area contributed by atoms with Gasteiger partial charge in [-0.2, -0.15) is 15.0 Å². The number of fused-ring (bicyclic) bond motifs is 2. The number of hydrogen-bond donors (Lipinski definition) is 4. The molecule has 5 N–H and O–H groups in total. The van der Waals surface area contributed by atoms with E-state index in [-0.39, 0.29) is 63.6 Å². The van der Waals surface area contributed by atoms with Crippen molar-refractivity contribution in [2.24, 2.45) is 5.92 Å². The Bertz CT molecular complexity index is 2580. The first-order valence-corrected chi connectivity index (χ1v) is 21.1. The van der Waals surface area contributed by atoms with Crippen molar-refractivity contribution in [1.82, 2.24) is 39.0 Å². The fourth-order valence-corrected chi connectivity index (χ4v) is 8.23. The Hall–Kier alpha value is -6.07. The van der Waals surface area contributed by atoms with E-state index in [1.165, 1.54) is 30.1 Å². The number of rotatable bonds is 5. The summed E-state index contributed by atoms with van der Waals surface area (Å²) >= 11 is 6.42. The van der Waals surface area contributed by atoms with Crippen molar-refractivity contribution in [3.63, 3.8) is 0 Å². The third kappa shape index (κ3) is 9.95. The zero-order valence-corrected chi connectivity index (χ0v) is 38.1. The third-order valence-corrected chi connectivity index (χ3v) is 11.5. The lowest BCUT2D eigenvalue weighted by atomic mass is 9.84. The zero-order chi connectivity index (χ0) is 48.2. The van der Waals surface area contributed by atoms with Crippen LogP contribution in [0.4, 0.5) is 30.3 Å². The molecule has 5 heterocycles. The highest BCUT2D eigenvalue weighted by molar-refractivity contribution is 6.33. The van der Waals surface area contributed by atoms with E-state index in [2.05, 4.69) is 39.6 Å². The van der Waals surface area contributed by atoms with Gasteiger partial charge in [0.05, 0.1) is 48.5 Å². The first kappa shape index (κ1) is 49.9. The van der Waals surface area contributed by atoms with Gasteiger partial charge >= 0.3 is 17.7 Å². The number of halogens is 3. The number of imide groups is 1. The van der Waals surface area contributed by atoms with Crippen LogP contribution in [0.3, 0.4) is 0 Å². The second-order valence-electron chi connectivity index (χ2n) is 17.7. The summed E-state index contributed by atoms with van der Waals surface area (Å²) in [7, 11) is 0. The van der Waals surface area contributed by atoms with Crippen LogP contribution in [0.1, 0.15) is 99.6 Å². The average Bonchev–Trinajstić information content (AvgIpc) is 4.07. The molecule has 0 bridgehead atoms. The van der Waals surface area contributed by atoms with Gasteiger partial charge in [0.2, 0.25) is 11.9 Å². The quantitative estimate of drug-likeness (QED) is 0.117. The van der Waals surface area contributed by atoms with Crippen molar-refractivity contribution in [3.05, 3.63) is 74.8 Å². The van der Waals surface area contributed by atoms with E-state index in [9.17, 15) is 33.4 Å². The number of ether oxygens (including phenoxy) is 3. The molecule has 65 heavy (non-hydrogen) atoms. The van der Waals surface area contributed by atoms with E-state index in [0.29, 0.717) is 29.6 Å². The van der Waals surface area contributed by atoms with E-state index in [0.717, 1.165) is 13.2 Å². The maximum atomic E-state index is 14.3. The molecule has 0 aromatic carbocycles. The summed E-state index contributed by atoms with van der Waals surface area (Å²) in [6.45, 7) is 29.9. The Morgan fingerprint density at radius 1 is 0.954 bits per heavy atom. The van der Waals surface area contributed by atoms with Gasteiger partial charge in [0.25, 0.3) is 11.1 Å². The fourth-order valence-electron chi connectivity index (χ4n) is 8.02. The van der Waals surface area contributed by atoms with Crippen LogP contribution in [0.2, 0.25) is 5.15 Å². The molecule has 1 aliphatic heterocycles. The molecular formula is C42H53ClF2N12O8. The smallest absolute Gasteiger partial charge is 0.427 e. The van der Waals surface area contributed by atoms with E-state index in [1.807, 2.05) is 13.8 Å². The standard InChI is InChI=1S/C25H32ClFN6O4.C13H13FN6O3.C4H8O/c1-10-25(28-9)14(2)11-16(15(25)12-27)32-13-29-17-18(26)30-20(31-19(17)32)33(21(34)36-23(3,4)5)22(35)37-24(6,7)8;1-16-13(4-21)6(3-14)7(2-8(13)22)20-5-17-9-10(20)18-12(15)19-11(9)23;1-2-4-5-3-1/h12-14,16H,10-11H2,1-8H3;3,5,7-8,21-22H,2,4H2,(H3,15,18,19,23);1-4H2/b15-12+;6-3+;/t14-,16-,25-;7-,8-,13+;/m00./s1. The maximum absolute atomic E-state index is 14.3. The van der Waals surface area contributed by atoms with Crippen LogP contribution in [-0.4, -0.2) is 110 Å². The minimum Gasteiger partial charge on any atom is -0.443 e. The molecule has 6 atom stereocenters. The predicted molar refractivity (Wildman–Crippen MR) is 235 cm³/mol. The van der Waals surface area contributed by atoms with Gasteiger partial charge < -0.3 is 44.1 Å². The van der Waals surface area contributed by atoms with E-state index < -0.39 is 64.8 Å². The third-order valence-electron chi connectivity index (χ3n) is 11.2. The normalized spacial score (nSPS) is 25.4. The summed E-state index contributed by atoms with van der Waals surface area (Å²) in [5.74, 6) is -0.657. The van der Waals surface area contributed by atoms with Crippen molar-refractivity contribution >= 4 is 58.0 Å². The molecular weight excluding hydrogens is 874 g/mol. The van der Waals surface area contributed by atoms with Crippen LogP contribution in [0.5, 0.6) is 0 Å². The largest absolute Gasteiger partial charge is 0.443 e.